The summed E-state index contributed by atoms with van der Waals surface area (Å²) in [6, 6.07) is 146. The van der Waals surface area contributed by atoms with Crippen molar-refractivity contribution in [3.05, 3.63) is 565 Å². The number of furan rings is 1. The summed E-state index contributed by atoms with van der Waals surface area (Å²) in [7, 11) is 0. The van der Waals surface area contributed by atoms with Crippen LogP contribution in [0.3, 0.4) is 0 Å². The molecular weight excluding hydrogens is 1730 g/mol. The van der Waals surface area contributed by atoms with Crippen molar-refractivity contribution in [3.63, 3.8) is 0 Å². The predicted molar refractivity (Wildman–Crippen MR) is 551 cm³/mol. The number of halogens is 6. The molecular formula is C126H82F6N4O3. The van der Waals surface area contributed by atoms with Crippen LogP contribution in [0.1, 0.15) is 55.6 Å². The summed E-state index contributed by atoms with van der Waals surface area (Å²) in [5, 5.41) is 1.65. The van der Waals surface area contributed by atoms with E-state index in [-0.39, 0.29) is 23.3 Å². The Labute approximate surface area is 800 Å². The van der Waals surface area contributed by atoms with Gasteiger partial charge >= 0.3 is 0 Å². The minimum atomic E-state index is -0.932. The Morgan fingerprint density at radius 1 is 0.216 bits per heavy atom. The zero-order valence-electron chi connectivity index (χ0n) is 74.7. The Hall–Kier alpha value is -17.9. The van der Waals surface area contributed by atoms with Gasteiger partial charge in [-0.2, -0.15) is 0 Å². The van der Waals surface area contributed by atoms with Crippen LogP contribution < -0.4 is 29.1 Å². The Kier molecular flexibility index (Phi) is 21.8. The molecule has 2 aliphatic rings. The van der Waals surface area contributed by atoms with E-state index in [1.54, 1.807) is 60.7 Å². The smallest absolute Gasteiger partial charge is 0.159 e. The third kappa shape index (κ3) is 15.4. The molecule has 0 amide bonds. The lowest BCUT2D eigenvalue weighted by atomic mass is 9.67. The minimum Gasteiger partial charge on any atom is -0.457 e. The van der Waals surface area contributed by atoms with Gasteiger partial charge in [0.25, 0.3) is 0 Å². The maximum atomic E-state index is 15.2. The first-order valence-corrected chi connectivity index (χ1v) is 45.8. The maximum absolute atomic E-state index is 15.2. The number of para-hydroxylation sites is 2. The van der Waals surface area contributed by atoms with Crippen LogP contribution in [0.2, 0.25) is 0 Å². The molecule has 23 rings (SSSR count). The van der Waals surface area contributed by atoms with Crippen molar-refractivity contribution in [2.75, 3.05) is 19.6 Å². The van der Waals surface area contributed by atoms with E-state index < -0.39 is 22.5 Å². The van der Waals surface area contributed by atoms with E-state index in [0.717, 1.165) is 156 Å². The molecule has 0 saturated carbocycles. The van der Waals surface area contributed by atoms with Gasteiger partial charge in [-0.1, -0.05) is 232 Å². The van der Waals surface area contributed by atoms with Crippen LogP contribution in [-0.4, -0.2) is 0 Å². The molecule has 21 aromatic rings. The summed E-state index contributed by atoms with van der Waals surface area (Å²) in [5.74, 6) is 0.428. The maximum Gasteiger partial charge on any atom is 0.159 e. The van der Waals surface area contributed by atoms with Crippen LogP contribution in [-0.2, 0) is 10.8 Å². The lowest BCUT2D eigenvalue weighted by Crippen LogP contribution is -2.28. The van der Waals surface area contributed by atoms with Crippen LogP contribution in [0.5, 0.6) is 23.0 Å². The highest BCUT2D eigenvalue weighted by molar-refractivity contribution is 6.14. The van der Waals surface area contributed by atoms with Gasteiger partial charge in [-0.3, -0.25) is 0 Å². The second kappa shape index (κ2) is 35.5. The molecule has 0 saturated heterocycles. The number of benzene rings is 20. The van der Waals surface area contributed by atoms with E-state index >= 15 is 26.3 Å². The van der Waals surface area contributed by atoms with Crippen molar-refractivity contribution in [3.8, 4) is 67.5 Å². The van der Waals surface area contributed by atoms with E-state index in [1.807, 2.05) is 182 Å². The van der Waals surface area contributed by atoms with Crippen LogP contribution in [0.4, 0.5) is 94.6 Å². The van der Waals surface area contributed by atoms with Crippen molar-refractivity contribution in [1.29, 1.82) is 0 Å². The van der Waals surface area contributed by atoms with E-state index in [9.17, 15) is 0 Å². The third-order valence-corrected chi connectivity index (χ3v) is 26.9. The van der Waals surface area contributed by atoms with Crippen LogP contribution in [0.25, 0.3) is 78.6 Å². The Balaban J connectivity index is 0.559. The monoisotopic (exact) mass is 1810 g/mol. The molecule has 13 heteroatoms. The lowest BCUT2D eigenvalue weighted by Gasteiger charge is -2.35. The highest BCUT2D eigenvalue weighted by Gasteiger charge is 2.49. The molecule has 0 spiro atoms. The number of rotatable bonds is 24. The number of hydrogen-bond donors (Lipinski definition) is 0. The lowest BCUT2D eigenvalue weighted by molar-refractivity contribution is 0.482. The molecule has 0 fully saturated rings. The van der Waals surface area contributed by atoms with Gasteiger partial charge in [-0.05, 0) is 355 Å². The number of anilines is 12. The molecule has 1 aromatic heterocycles. The number of ether oxygens (including phenoxy) is 2. The fourth-order valence-corrected chi connectivity index (χ4v) is 20.4. The minimum absolute atomic E-state index is 0.351. The van der Waals surface area contributed by atoms with Gasteiger partial charge < -0.3 is 33.5 Å². The molecule has 7 nitrogen and oxygen atoms in total. The first kappa shape index (κ1) is 85.3. The topological polar surface area (TPSA) is 44.6 Å². The van der Waals surface area contributed by atoms with Gasteiger partial charge in [0.15, 0.2) is 11.2 Å². The highest BCUT2D eigenvalue weighted by Crippen LogP contribution is 2.61. The number of nitrogens with zero attached hydrogens (tertiary/aromatic N) is 4. The van der Waals surface area contributed by atoms with Gasteiger partial charge in [0.05, 0.1) is 22.2 Å². The predicted octanol–water partition coefficient (Wildman–Crippen LogP) is 35.2. The summed E-state index contributed by atoms with van der Waals surface area (Å²) in [4.78, 5) is 8.37. The van der Waals surface area contributed by atoms with Crippen LogP contribution in [0.15, 0.2) is 479 Å². The summed E-state index contributed by atoms with van der Waals surface area (Å²) < 4.78 is 111. The van der Waals surface area contributed by atoms with E-state index in [2.05, 4.69) is 190 Å². The second-order valence-electron chi connectivity index (χ2n) is 34.7. The van der Waals surface area contributed by atoms with Crippen molar-refractivity contribution >= 4 is 102 Å². The summed E-state index contributed by atoms with van der Waals surface area (Å²) in [6.45, 7) is 7.79. The summed E-state index contributed by atoms with van der Waals surface area (Å²) >= 11 is 0. The van der Waals surface area contributed by atoms with E-state index in [4.69, 9.17) is 13.9 Å². The zero-order chi connectivity index (χ0) is 94.0. The fraction of sp³-hybridized carbons (Fsp3) is 0.0159. The van der Waals surface area contributed by atoms with Crippen molar-refractivity contribution in [2.24, 2.45) is 0 Å². The standard InChI is InChI=1S/C126H82F6N4O3/c1-3-81-19-69-107(70-20-81)137-109-73-35-89(36-74-109)125(87-31-39-91(127)40-32-87)117-15-7-5-11-111(117)113-77-67-105(79-119(113)125)133(99-59-43-93(129)44-60-99)97-51-23-83(24-52-97)85-27-55-101(56-28-85)135(103-63-47-95(131)48-64-103)121-17-9-13-115-116-14-10-18-122(124(116)139-123(115)121)136(104-65-49-96(132)50-66-104)102-57-29-86(30-58-102)84-25-53-98(54-26-84)134(100-61-45-94(130)46-62-100)106-68-78-114-112-12-6-8-16-118(112)126(120(114)80-106,88-33-41-92(128)42-34-88)90-37-75-110(76-38-90)138-108-71-21-82(4-2)22-72-108/h3-80H,1-2H2. The third-order valence-electron chi connectivity index (χ3n) is 26.9. The van der Waals surface area contributed by atoms with Gasteiger partial charge in [0, 0.05) is 67.6 Å². The second-order valence-corrected chi connectivity index (χ2v) is 34.7. The van der Waals surface area contributed by atoms with Gasteiger partial charge in [-0.25, -0.2) is 26.3 Å². The molecule has 20 aromatic carbocycles. The van der Waals surface area contributed by atoms with Gasteiger partial charge in [0.2, 0.25) is 0 Å². The Morgan fingerprint density at radius 2 is 0.453 bits per heavy atom. The summed E-state index contributed by atoms with van der Waals surface area (Å²) in [6.07, 6.45) is 3.58. The Morgan fingerprint density at radius 3 is 0.741 bits per heavy atom. The first-order valence-electron chi connectivity index (χ1n) is 45.8. The molecule has 2 atom stereocenters. The molecule has 0 radical (unpaired) electrons. The molecule has 139 heavy (non-hydrogen) atoms. The summed E-state index contributed by atoms with van der Waals surface area (Å²) in [5.41, 5.74) is 25.6. The largest absolute Gasteiger partial charge is 0.457 e. The van der Waals surface area contributed by atoms with E-state index in [0.29, 0.717) is 56.9 Å². The SMILES string of the molecule is C=Cc1ccc(Oc2ccc(C3(c4ccc(F)cc4)c4ccccc4-c4ccc(N(c5ccc(F)cc5)c5ccc(-c6ccc(N(c7ccc(F)cc7)c7cccc8c7oc7c(N(c9ccc(F)cc9)c9ccc(-c%10ccc(N(c%11ccc(F)cc%11)c%11ccc%12c(c%11)C(c%11ccc(F)cc%11)(c%11ccc(Oc%13ccc(C=C)cc%13)cc%11)c%11ccccc%11-%12)cc%10)cc9)cccc78)cc6)cc5)cc43)cc2)cc1. The average molecular weight is 1810 g/mol. The van der Waals surface area contributed by atoms with Gasteiger partial charge in [-0.15, -0.1) is 0 Å². The molecule has 0 N–H and O–H groups in total. The molecule has 1 heterocycles. The van der Waals surface area contributed by atoms with Gasteiger partial charge in [0.1, 0.15) is 57.9 Å². The van der Waals surface area contributed by atoms with Crippen molar-refractivity contribution in [1.82, 2.24) is 0 Å². The quantitative estimate of drug-likeness (QED) is 0.0559. The first-order chi connectivity index (χ1) is 68.2. The molecule has 666 valence electrons. The average Bonchev–Trinajstić information content (AvgIpc) is 1.55. The normalized spacial score (nSPS) is 13.8. The van der Waals surface area contributed by atoms with E-state index in [1.165, 1.54) is 72.8 Å². The van der Waals surface area contributed by atoms with Crippen LogP contribution in [0, 0.1) is 34.9 Å². The number of hydrogen-bond acceptors (Lipinski definition) is 7. The molecule has 2 aliphatic carbocycles. The fourth-order valence-electron chi connectivity index (χ4n) is 20.4. The molecule has 0 aliphatic heterocycles. The van der Waals surface area contributed by atoms with Crippen molar-refractivity contribution in [2.45, 2.75) is 10.8 Å². The Bertz CT molecular complexity index is 7730. The van der Waals surface area contributed by atoms with Crippen molar-refractivity contribution < 1.29 is 40.2 Å². The molecule has 0 bridgehead atoms. The zero-order valence-corrected chi connectivity index (χ0v) is 74.7. The molecule has 2 unspecified atom stereocenters. The highest BCUT2D eigenvalue weighted by atomic mass is 19.1. The van der Waals surface area contributed by atoms with Crippen LogP contribution >= 0.6 is 0 Å². The number of fused-ring (bicyclic) bond motifs is 9.